The van der Waals surface area contributed by atoms with Crippen molar-refractivity contribution in [3.8, 4) is 0 Å². The molecule has 0 saturated heterocycles. The molecule has 74 valence electrons. The van der Waals surface area contributed by atoms with Gasteiger partial charge in [0.1, 0.15) is 11.5 Å². The van der Waals surface area contributed by atoms with Gasteiger partial charge in [0.25, 0.3) is 0 Å². The van der Waals surface area contributed by atoms with E-state index in [9.17, 15) is 0 Å². The Hall–Kier alpha value is -0.410. The van der Waals surface area contributed by atoms with Crippen LogP contribution in [0.4, 0.5) is 0 Å². The van der Waals surface area contributed by atoms with E-state index in [2.05, 4.69) is 6.92 Å². The van der Waals surface area contributed by atoms with Crippen LogP contribution in [0.15, 0.2) is 16.5 Å². The predicted octanol–water partition coefficient (Wildman–Crippen LogP) is 2.77. The van der Waals surface area contributed by atoms with Gasteiger partial charge in [-0.2, -0.15) is 11.8 Å². The summed E-state index contributed by atoms with van der Waals surface area (Å²) in [5, 5.41) is 0. The lowest BCUT2D eigenvalue weighted by Gasteiger charge is -1.96. The molecule has 0 saturated carbocycles. The maximum Gasteiger partial charge on any atom is 0.117 e. The van der Waals surface area contributed by atoms with Crippen LogP contribution >= 0.6 is 11.8 Å². The molecule has 0 aliphatic carbocycles. The second kappa shape index (κ2) is 6.11. The highest BCUT2D eigenvalue weighted by Gasteiger charge is 1.99. The summed E-state index contributed by atoms with van der Waals surface area (Å²) < 4.78 is 5.47. The Morgan fingerprint density at radius 2 is 2.15 bits per heavy atom. The Labute approximate surface area is 83.9 Å². The van der Waals surface area contributed by atoms with E-state index < -0.39 is 0 Å². The highest BCUT2D eigenvalue weighted by molar-refractivity contribution is 7.98. The van der Waals surface area contributed by atoms with Gasteiger partial charge in [0, 0.05) is 0 Å². The molecule has 0 fully saturated rings. The van der Waals surface area contributed by atoms with Crippen molar-refractivity contribution in [1.29, 1.82) is 0 Å². The first-order chi connectivity index (χ1) is 6.36. The number of furan rings is 1. The summed E-state index contributed by atoms with van der Waals surface area (Å²) in [4.78, 5) is 0. The maximum absolute atomic E-state index is 5.47. The molecule has 1 aromatic rings. The molecule has 1 aromatic heterocycles. The molecule has 0 bridgehead atoms. The monoisotopic (exact) mass is 199 g/mol. The molecule has 0 spiro atoms. The fourth-order valence-corrected chi connectivity index (χ4v) is 2.02. The van der Waals surface area contributed by atoms with Crippen molar-refractivity contribution in [1.82, 2.24) is 0 Å². The number of hydrogen-bond donors (Lipinski definition) is 1. The lowest BCUT2D eigenvalue weighted by Crippen LogP contribution is -1.92. The van der Waals surface area contributed by atoms with Crippen LogP contribution in [0.25, 0.3) is 0 Å². The minimum atomic E-state index is 0.500. The smallest absolute Gasteiger partial charge is 0.117 e. The van der Waals surface area contributed by atoms with Crippen molar-refractivity contribution in [3.05, 3.63) is 23.7 Å². The van der Waals surface area contributed by atoms with Crippen LogP contribution in [0.1, 0.15) is 31.3 Å². The van der Waals surface area contributed by atoms with Crippen molar-refractivity contribution in [3.63, 3.8) is 0 Å². The van der Waals surface area contributed by atoms with Gasteiger partial charge >= 0.3 is 0 Å². The summed E-state index contributed by atoms with van der Waals surface area (Å²) in [6.07, 6.45) is 2.55. The fourth-order valence-electron chi connectivity index (χ4n) is 1.03. The molecule has 1 heterocycles. The molecule has 2 nitrogen and oxygen atoms in total. The van der Waals surface area contributed by atoms with Gasteiger partial charge in [0.05, 0.1) is 12.3 Å². The molecule has 2 N–H and O–H groups in total. The van der Waals surface area contributed by atoms with E-state index >= 15 is 0 Å². The van der Waals surface area contributed by atoms with E-state index in [0.717, 1.165) is 17.3 Å². The van der Waals surface area contributed by atoms with Gasteiger partial charge in [-0.25, -0.2) is 0 Å². The average molecular weight is 199 g/mol. The zero-order chi connectivity index (χ0) is 9.52. The third kappa shape index (κ3) is 3.87. The van der Waals surface area contributed by atoms with Crippen molar-refractivity contribution in [2.45, 2.75) is 32.1 Å². The quantitative estimate of drug-likeness (QED) is 0.716. The number of thioether (sulfide) groups is 1. The molecule has 3 heteroatoms. The van der Waals surface area contributed by atoms with Gasteiger partial charge < -0.3 is 10.2 Å². The minimum Gasteiger partial charge on any atom is -0.464 e. The summed E-state index contributed by atoms with van der Waals surface area (Å²) in [5.41, 5.74) is 5.44. The molecule has 1 rings (SSSR count). The third-order valence-electron chi connectivity index (χ3n) is 1.81. The highest BCUT2D eigenvalue weighted by atomic mass is 32.2. The maximum atomic E-state index is 5.47. The first-order valence-corrected chi connectivity index (χ1v) is 5.87. The Morgan fingerprint density at radius 1 is 1.38 bits per heavy atom. The van der Waals surface area contributed by atoms with E-state index in [-0.39, 0.29) is 0 Å². The largest absolute Gasteiger partial charge is 0.464 e. The van der Waals surface area contributed by atoms with Gasteiger partial charge in [-0.15, -0.1) is 0 Å². The topological polar surface area (TPSA) is 39.2 Å². The van der Waals surface area contributed by atoms with Gasteiger partial charge in [-0.1, -0.05) is 13.3 Å². The first kappa shape index (κ1) is 10.7. The Bertz CT molecular complexity index is 235. The second-order valence-corrected chi connectivity index (χ2v) is 4.08. The lowest BCUT2D eigenvalue weighted by molar-refractivity contribution is 0.482. The molecule has 0 amide bonds. The molecular weight excluding hydrogens is 182 g/mol. The van der Waals surface area contributed by atoms with Crippen molar-refractivity contribution in [2.75, 3.05) is 5.75 Å². The van der Waals surface area contributed by atoms with Crippen LogP contribution in [0.3, 0.4) is 0 Å². The number of unbranched alkanes of at least 4 members (excludes halogenated alkanes) is 1. The van der Waals surface area contributed by atoms with Crippen LogP contribution in [0.5, 0.6) is 0 Å². The van der Waals surface area contributed by atoms with E-state index in [1.54, 1.807) is 0 Å². The number of nitrogens with two attached hydrogens (primary N) is 1. The predicted molar refractivity (Wildman–Crippen MR) is 57.7 cm³/mol. The summed E-state index contributed by atoms with van der Waals surface area (Å²) >= 11 is 1.92. The summed E-state index contributed by atoms with van der Waals surface area (Å²) in [6.45, 7) is 2.71. The first-order valence-electron chi connectivity index (χ1n) is 4.72. The Kier molecular flexibility index (Phi) is 5.01. The number of hydrogen-bond acceptors (Lipinski definition) is 3. The van der Waals surface area contributed by atoms with Gasteiger partial charge in [-0.05, 0) is 24.3 Å². The van der Waals surface area contributed by atoms with Gasteiger partial charge in [0.2, 0.25) is 0 Å². The average Bonchev–Trinajstić information content (AvgIpc) is 2.60. The van der Waals surface area contributed by atoms with Crippen molar-refractivity contribution < 1.29 is 4.42 Å². The lowest BCUT2D eigenvalue weighted by atomic mass is 10.4. The Balaban J connectivity index is 2.20. The molecule has 0 aliphatic rings. The van der Waals surface area contributed by atoms with Crippen molar-refractivity contribution in [2.24, 2.45) is 5.73 Å². The summed E-state index contributed by atoms with van der Waals surface area (Å²) in [5.74, 6) is 4.11. The SMILES string of the molecule is CCCCSCc1ccc(CN)o1. The molecule has 0 aliphatic heterocycles. The van der Waals surface area contributed by atoms with E-state index in [0.29, 0.717) is 6.54 Å². The second-order valence-electron chi connectivity index (χ2n) is 2.98. The van der Waals surface area contributed by atoms with Crippen LogP contribution in [0.2, 0.25) is 0 Å². The Morgan fingerprint density at radius 3 is 2.77 bits per heavy atom. The molecule has 13 heavy (non-hydrogen) atoms. The summed E-state index contributed by atoms with van der Waals surface area (Å²) in [7, 11) is 0. The normalized spacial score (nSPS) is 10.6. The summed E-state index contributed by atoms with van der Waals surface area (Å²) in [6, 6.07) is 3.97. The number of rotatable bonds is 6. The zero-order valence-corrected chi connectivity index (χ0v) is 8.90. The van der Waals surface area contributed by atoms with Crippen LogP contribution in [0, 0.1) is 0 Å². The minimum absolute atomic E-state index is 0.500. The zero-order valence-electron chi connectivity index (χ0n) is 8.08. The van der Waals surface area contributed by atoms with Crippen molar-refractivity contribution >= 4 is 11.8 Å². The van der Waals surface area contributed by atoms with E-state index in [1.807, 2.05) is 23.9 Å². The van der Waals surface area contributed by atoms with Crippen LogP contribution in [-0.4, -0.2) is 5.75 Å². The van der Waals surface area contributed by atoms with Gasteiger partial charge in [0.15, 0.2) is 0 Å². The van der Waals surface area contributed by atoms with Crippen LogP contribution in [-0.2, 0) is 12.3 Å². The van der Waals surface area contributed by atoms with Gasteiger partial charge in [-0.3, -0.25) is 0 Å². The molecular formula is C10H17NOS. The van der Waals surface area contributed by atoms with E-state index in [1.165, 1.54) is 18.6 Å². The molecule has 0 aromatic carbocycles. The molecule has 0 radical (unpaired) electrons. The van der Waals surface area contributed by atoms with E-state index in [4.69, 9.17) is 10.2 Å². The fraction of sp³-hybridized carbons (Fsp3) is 0.600. The highest BCUT2D eigenvalue weighted by Crippen LogP contribution is 2.16. The third-order valence-corrected chi connectivity index (χ3v) is 2.87. The standard InChI is InChI=1S/C10H17NOS/c1-2-3-6-13-8-10-5-4-9(7-11)12-10/h4-5H,2-3,6-8,11H2,1H3. The molecule has 0 unspecified atom stereocenters. The van der Waals surface area contributed by atoms with Crippen LogP contribution < -0.4 is 5.73 Å². The molecule has 0 atom stereocenters.